The summed E-state index contributed by atoms with van der Waals surface area (Å²) in [6.45, 7) is 14.1. The van der Waals surface area contributed by atoms with E-state index in [4.69, 9.17) is 4.74 Å². The van der Waals surface area contributed by atoms with E-state index in [0.717, 1.165) is 39.0 Å². The Morgan fingerprint density at radius 1 is 1.00 bits per heavy atom. The van der Waals surface area contributed by atoms with E-state index < -0.39 is 5.60 Å². The van der Waals surface area contributed by atoms with Crippen LogP contribution in [0.5, 0.6) is 0 Å². The molecule has 1 amide bonds. The first-order valence-electron chi connectivity index (χ1n) is 12.9. The fourth-order valence-electron chi connectivity index (χ4n) is 4.11. The molecular weight excluding hydrogens is 420 g/mol. The van der Waals surface area contributed by atoms with E-state index in [1.807, 2.05) is 46.0 Å². The summed E-state index contributed by atoms with van der Waals surface area (Å²) in [7, 11) is 1.85. The number of ether oxygens (including phenoxy) is 1. The van der Waals surface area contributed by atoms with Gasteiger partial charge in [0.15, 0.2) is 0 Å². The average Bonchev–Trinajstić information content (AvgIpc) is 2.80. The average molecular weight is 467 g/mol. The third-order valence-electron chi connectivity index (χ3n) is 6.13. The second-order valence-corrected chi connectivity index (χ2v) is 10.7. The minimum atomic E-state index is -0.430. The lowest BCUT2D eigenvalue weighted by atomic mass is 9.96. The number of hydrogen-bond acceptors (Lipinski definition) is 3. The molecule has 0 aliphatic carbocycles. The summed E-state index contributed by atoms with van der Waals surface area (Å²) in [5, 5.41) is 0. The van der Waals surface area contributed by atoms with Gasteiger partial charge in [-0.15, -0.1) is 0 Å². The molecule has 0 atom stereocenters. The SMILES string of the molecule is CCCCc1ccc(CN2CCC(CN(C)C(=O)OC(C)(C)C)CC2)cc1.Cc1ccccc1. The van der Waals surface area contributed by atoms with Gasteiger partial charge < -0.3 is 9.64 Å². The van der Waals surface area contributed by atoms with E-state index in [0.29, 0.717) is 5.92 Å². The lowest BCUT2D eigenvalue weighted by Crippen LogP contribution is -2.41. The molecule has 4 heteroatoms. The lowest BCUT2D eigenvalue weighted by Gasteiger charge is -2.34. The van der Waals surface area contributed by atoms with Crippen molar-refractivity contribution < 1.29 is 9.53 Å². The summed E-state index contributed by atoms with van der Waals surface area (Å²) in [5.41, 5.74) is 3.74. The number of amides is 1. The number of piperidine rings is 1. The van der Waals surface area contributed by atoms with Gasteiger partial charge in [-0.1, -0.05) is 73.5 Å². The van der Waals surface area contributed by atoms with Crippen LogP contribution in [0.3, 0.4) is 0 Å². The molecule has 0 saturated carbocycles. The molecule has 3 rings (SSSR count). The molecule has 188 valence electrons. The van der Waals surface area contributed by atoms with Gasteiger partial charge in [0.05, 0.1) is 0 Å². The van der Waals surface area contributed by atoms with Crippen LogP contribution in [-0.4, -0.2) is 48.2 Å². The van der Waals surface area contributed by atoms with Crippen LogP contribution >= 0.6 is 0 Å². The second kappa shape index (κ2) is 14.2. The van der Waals surface area contributed by atoms with E-state index >= 15 is 0 Å². The third-order valence-corrected chi connectivity index (χ3v) is 6.13. The first kappa shape index (κ1) is 27.9. The number of carbonyl (C=O) groups is 1. The fraction of sp³-hybridized carbons (Fsp3) is 0.567. The van der Waals surface area contributed by atoms with Gasteiger partial charge in [-0.3, -0.25) is 4.90 Å². The topological polar surface area (TPSA) is 32.8 Å². The van der Waals surface area contributed by atoms with E-state index in [2.05, 4.69) is 55.1 Å². The van der Waals surface area contributed by atoms with Gasteiger partial charge in [0, 0.05) is 20.1 Å². The highest BCUT2D eigenvalue weighted by molar-refractivity contribution is 5.67. The summed E-state index contributed by atoms with van der Waals surface area (Å²) in [6.07, 6.45) is 5.77. The minimum Gasteiger partial charge on any atom is -0.444 e. The quantitative estimate of drug-likeness (QED) is 0.436. The van der Waals surface area contributed by atoms with Crippen LogP contribution in [0.15, 0.2) is 54.6 Å². The van der Waals surface area contributed by atoms with Crippen molar-refractivity contribution in [3.05, 3.63) is 71.3 Å². The van der Waals surface area contributed by atoms with Crippen LogP contribution in [0.1, 0.15) is 70.1 Å². The number of rotatable bonds is 7. The zero-order valence-corrected chi connectivity index (χ0v) is 22.3. The van der Waals surface area contributed by atoms with Crippen molar-refractivity contribution in [2.45, 2.75) is 78.9 Å². The molecule has 0 spiro atoms. The Kier molecular flexibility index (Phi) is 11.6. The Morgan fingerprint density at radius 2 is 1.59 bits per heavy atom. The zero-order valence-electron chi connectivity index (χ0n) is 22.3. The number of carbonyl (C=O) groups excluding carboxylic acids is 1. The maximum Gasteiger partial charge on any atom is 0.410 e. The molecule has 4 nitrogen and oxygen atoms in total. The Bertz CT molecular complexity index is 819. The predicted octanol–water partition coefficient (Wildman–Crippen LogP) is 7.10. The second-order valence-electron chi connectivity index (χ2n) is 10.7. The molecule has 1 aliphatic rings. The standard InChI is InChI=1S/C23H38N2O2.C7H8/c1-6-7-8-19-9-11-20(12-10-19)18-25-15-13-21(14-16-25)17-24(5)22(26)27-23(2,3)4;1-7-5-3-2-4-6-7/h9-12,21H,6-8,13-18H2,1-5H3;2-6H,1H3. The number of aryl methyl sites for hydroxylation is 2. The number of likely N-dealkylation sites (tertiary alicyclic amines) is 1. The van der Waals surface area contributed by atoms with E-state index in [-0.39, 0.29) is 6.09 Å². The molecule has 34 heavy (non-hydrogen) atoms. The highest BCUT2D eigenvalue weighted by atomic mass is 16.6. The van der Waals surface area contributed by atoms with Crippen molar-refractivity contribution in [1.29, 1.82) is 0 Å². The summed E-state index contributed by atoms with van der Waals surface area (Å²) >= 11 is 0. The molecule has 0 aromatic heterocycles. The molecule has 1 fully saturated rings. The van der Waals surface area contributed by atoms with Gasteiger partial charge in [-0.05, 0) is 83.5 Å². The van der Waals surface area contributed by atoms with Crippen molar-refractivity contribution in [3.8, 4) is 0 Å². The monoisotopic (exact) mass is 466 g/mol. The summed E-state index contributed by atoms with van der Waals surface area (Å²) in [5.74, 6) is 0.565. The Morgan fingerprint density at radius 3 is 2.09 bits per heavy atom. The summed E-state index contributed by atoms with van der Waals surface area (Å²) in [6, 6.07) is 19.4. The number of nitrogens with zero attached hydrogens (tertiary/aromatic N) is 2. The lowest BCUT2D eigenvalue weighted by molar-refractivity contribution is 0.0249. The van der Waals surface area contributed by atoms with Crippen LogP contribution in [-0.2, 0) is 17.7 Å². The molecule has 1 heterocycles. The van der Waals surface area contributed by atoms with Crippen molar-refractivity contribution in [2.24, 2.45) is 5.92 Å². The van der Waals surface area contributed by atoms with E-state index in [1.165, 1.54) is 36.0 Å². The predicted molar refractivity (Wildman–Crippen MR) is 143 cm³/mol. The highest BCUT2D eigenvalue weighted by Crippen LogP contribution is 2.21. The molecule has 1 aliphatic heterocycles. The maximum atomic E-state index is 12.1. The zero-order chi connectivity index (χ0) is 25.0. The van der Waals surface area contributed by atoms with Crippen molar-refractivity contribution in [2.75, 3.05) is 26.7 Å². The van der Waals surface area contributed by atoms with Crippen LogP contribution in [0, 0.1) is 12.8 Å². The normalized spacial score (nSPS) is 14.8. The van der Waals surface area contributed by atoms with E-state index in [9.17, 15) is 4.79 Å². The van der Waals surface area contributed by atoms with Crippen LogP contribution < -0.4 is 0 Å². The third kappa shape index (κ3) is 11.2. The molecule has 0 radical (unpaired) electrons. The van der Waals surface area contributed by atoms with Gasteiger partial charge >= 0.3 is 6.09 Å². The highest BCUT2D eigenvalue weighted by Gasteiger charge is 2.24. The van der Waals surface area contributed by atoms with Crippen molar-refractivity contribution >= 4 is 6.09 Å². The largest absolute Gasteiger partial charge is 0.444 e. The minimum absolute atomic E-state index is 0.215. The Hall–Kier alpha value is -2.33. The van der Waals surface area contributed by atoms with Crippen LogP contribution in [0.4, 0.5) is 4.79 Å². The molecule has 0 bridgehead atoms. The summed E-state index contributed by atoms with van der Waals surface area (Å²) < 4.78 is 5.45. The van der Waals surface area contributed by atoms with Gasteiger partial charge in [0.2, 0.25) is 0 Å². The maximum absolute atomic E-state index is 12.1. The van der Waals surface area contributed by atoms with Crippen LogP contribution in [0.25, 0.3) is 0 Å². The van der Waals surface area contributed by atoms with E-state index in [1.54, 1.807) is 4.90 Å². The molecule has 1 saturated heterocycles. The number of hydrogen-bond donors (Lipinski definition) is 0. The molecular formula is C30H46N2O2. The summed E-state index contributed by atoms with van der Waals surface area (Å²) in [4.78, 5) is 16.4. The Labute approximate surface area is 208 Å². The van der Waals surface area contributed by atoms with Crippen molar-refractivity contribution in [1.82, 2.24) is 9.80 Å². The van der Waals surface area contributed by atoms with Gasteiger partial charge in [-0.25, -0.2) is 4.79 Å². The fourth-order valence-corrected chi connectivity index (χ4v) is 4.11. The number of benzene rings is 2. The first-order chi connectivity index (χ1) is 16.2. The van der Waals surface area contributed by atoms with Gasteiger partial charge in [-0.2, -0.15) is 0 Å². The Balaban J connectivity index is 0.000000497. The molecule has 0 unspecified atom stereocenters. The van der Waals surface area contributed by atoms with Gasteiger partial charge in [0.25, 0.3) is 0 Å². The van der Waals surface area contributed by atoms with Crippen LogP contribution in [0.2, 0.25) is 0 Å². The number of unbranched alkanes of at least 4 members (excludes halogenated alkanes) is 1. The smallest absolute Gasteiger partial charge is 0.410 e. The van der Waals surface area contributed by atoms with Crippen molar-refractivity contribution in [3.63, 3.8) is 0 Å². The molecule has 2 aromatic rings. The first-order valence-corrected chi connectivity index (χ1v) is 12.9. The molecule has 0 N–H and O–H groups in total. The molecule has 2 aromatic carbocycles. The van der Waals surface area contributed by atoms with Gasteiger partial charge in [0.1, 0.15) is 5.60 Å².